The first-order valence-corrected chi connectivity index (χ1v) is 9.28. The van der Waals surface area contributed by atoms with Crippen molar-refractivity contribution in [3.05, 3.63) is 82.9 Å². The largest absolute Gasteiger partial charge is 0.357 e. The van der Waals surface area contributed by atoms with E-state index in [1.165, 1.54) is 5.56 Å². The molecule has 1 heterocycles. The summed E-state index contributed by atoms with van der Waals surface area (Å²) < 4.78 is 1.80. The third-order valence-electron chi connectivity index (χ3n) is 3.97. The maximum atomic E-state index is 6.22. The van der Waals surface area contributed by atoms with Crippen LogP contribution < -0.4 is 10.6 Å². The molecule has 0 bridgehead atoms. The summed E-state index contributed by atoms with van der Waals surface area (Å²) >= 11 is 6.22. The molecule has 148 valence electrons. The van der Waals surface area contributed by atoms with E-state index in [-0.39, 0.29) is 24.0 Å². The van der Waals surface area contributed by atoms with Crippen molar-refractivity contribution in [1.29, 1.82) is 0 Å². The fourth-order valence-corrected chi connectivity index (χ4v) is 2.86. The predicted octanol–water partition coefficient (Wildman–Crippen LogP) is 3.85. The summed E-state index contributed by atoms with van der Waals surface area (Å²) in [5.41, 5.74) is 3.35. The van der Waals surface area contributed by atoms with Crippen molar-refractivity contribution in [2.45, 2.75) is 26.6 Å². The van der Waals surface area contributed by atoms with Crippen LogP contribution in [0.1, 0.15) is 23.6 Å². The van der Waals surface area contributed by atoms with Crippen molar-refractivity contribution >= 4 is 41.5 Å². The fourth-order valence-electron chi connectivity index (χ4n) is 2.66. The van der Waals surface area contributed by atoms with Gasteiger partial charge >= 0.3 is 0 Å². The van der Waals surface area contributed by atoms with Gasteiger partial charge in [0, 0.05) is 18.1 Å². The Hall–Kier alpha value is -2.13. The van der Waals surface area contributed by atoms with E-state index in [9.17, 15) is 0 Å². The summed E-state index contributed by atoms with van der Waals surface area (Å²) in [6, 6.07) is 16.1. The Balaban J connectivity index is 0.00000280. The van der Waals surface area contributed by atoms with Gasteiger partial charge in [-0.1, -0.05) is 54.1 Å². The van der Waals surface area contributed by atoms with Crippen LogP contribution in [0.25, 0.3) is 0 Å². The average molecular weight is 511 g/mol. The molecule has 0 spiro atoms. The van der Waals surface area contributed by atoms with Gasteiger partial charge in [-0.25, -0.2) is 14.7 Å². The second-order valence-electron chi connectivity index (χ2n) is 6.05. The van der Waals surface area contributed by atoms with E-state index in [4.69, 9.17) is 11.6 Å². The second-order valence-corrected chi connectivity index (χ2v) is 6.46. The van der Waals surface area contributed by atoms with E-state index in [2.05, 4.69) is 43.9 Å². The molecule has 0 aliphatic carbocycles. The molecule has 0 radical (unpaired) electrons. The van der Waals surface area contributed by atoms with Gasteiger partial charge in [0.05, 0.1) is 13.1 Å². The monoisotopic (exact) mass is 510 g/mol. The van der Waals surface area contributed by atoms with Gasteiger partial charge in [0.15, 0.2) is 5.96 Å². The zero-order chi connectivity index (χ0) is 18.9. The quantitative estimate of drug-likeness (QED) is 0.288. The highest BCUT2D eigenvalue weighted by Gasteiger charge is 2.03. The molecule has 2 aromatic carbocycles. The molecule has 0 amide bonds. The minimum absolute atomic E-state index is 0. The van der Waals surface area contributed by atoms with Crippen LogP contribution in [-0.4, -0.2) is 27.3 Å². The molecule has 0 aliphatic rings. The Kier molecular flexibility index (Phi) is 9.22. The molecule has 2 N–H and O–H groups in total. The summed E-state index contributed by atoms with van der Waals surface area (Å²) in [4.78, 5) is 8.66. The highest BCUT2D eigenvalue weighted by atomic mass is 127. The lowest BCUT2D eigenvalue weighted by Gasteiger charge is -2.12. The molecule has 6 nitrogen and oxygen atoms in total. The Bertz CT molecular complexity index is 882. The number of halogens is 2. The summed E-state index contributed by atoms with van der Waals surface area (Å²) in [7, 11) is 0. The van der Waals surface area contributed by atoms with Gasteiger partial charge in [0.25, 0.3) is 0 Å². The van der Waals surface area contributed by atoms with E-state index in [0.29, 0.717) is 19.6 Å². The van der Waals surface area contributed by atoms with E-state index in [0.717, 1.165) is 28.7 Å². The van der Waals surface area contributed by atoms with Crippen LogP contribution in [0.2, 0.25) is 5.02 Å². The van der Waals surface area contributed by atoms with Crippen molar-refractivity contribution in [1.82, 2.24) is 25.4 Å². The lowest BCUT2D eigenvalue weighted by Crippen LogP contribution is -2.36. The molecule has 0 aliphatic heterocycles. The molecular formula is C20H24ClIN6. The average Bonchev–Trinajstić information content (AvgIpc) is 3.18. The normalized spacial score (nSPS) is 11.0. The lowest BCUT2D eigenvalue weighted by molar-refractivity contribution is 0.684. The summed E-state index contributed by atoms with van der Waals surface area (Å²) in [6.45, 7) is 4.75. The Labute approximate surface area is 187 Å². The van der Waals surface area contributed by atoms with Gasteiger partial charge in [0.1, 0.15) is 12.7 Å². The van der Waals surface area contributed by atoms with Crippen LogP contribution in [0.5, 0.6) is 0 Å². The Morgan fingerprint density at radius 3 is 2.68 bits per heavy atom. The maximum Gasteiger partial charge on any atom is 0.191 e. The molecule has 28 heavy (non-hydrogen) atoms. The highest BCUT2D eigenvalue weighted by molar-refractivity contribution is 14.0. The van der Waals surface area contributed by atoms with Crippen molar-refractivity contribution in [2.75, 3.05) is 6.54 Å². The van der Waals surface area contributed by atoms with Crippen LogP contribution in [-0.2, 0) is 19.6 Å². The SMILES string of the molecule is CCNC(=NCc1cccc(Cn2cncn2)c1)NCc1ccccc1Cl.I. The van der Waals surface area contributed by atoms with Crippen LogP contribution in [0.4, 0.5) is 0 Å². The predicted molar refractivity (Wildman–Crippen MR) is 124 cm³/mol. The maximum absolute atomic E-state index is 6.22. The molecule has 0 atom stereocenters. The van der Waals surface area contributed by atoms with E-state index >= 15 is 0 Å². The summed E-state index contributed by atoms with van der Waals surface area (Å²) in [5.74, 6) is 0.763. The molecular weight excluding hydrogens is 487 g/mol. The van der Waals surface area contributed by atoms with Crippen LogP contribution in [0.15, 0.2) is 66.2 Å². The van der Waals surface area contributed by atoms with Crippen LogP contribution >= 0.6 is 35.6 Å². The zero-order valence-corrected chi connectivity index (χ0v) is 18.8. The second kappa shape index (κ2) is 11.7. The van der Waals surface area contributed by atoms with Gasteiger partial charge < -0.3 is 10.6 Å². The number of guanidine groups is 1. The number of nitrogens with zero attached hydrogens (tertiary/aromatic N) is 4. The number of aromatic nitrogens is 3. The van der Waals surface area contributed by atoms with Crippen molar-refractivity contribution < 1.29 is 0 Å². The van der Waals surface area contributed by atoms with Crippen LogP contribution in [0.3, 0.4) is 0 Å². The number of hydrogen-bond acceptors (Lipinski definition) is 3. The van der Waals surface area contributed by atoms with Gasteiger partial charge in [-0.05, 0) is 29.7 Å². The van der Waals surface area contributed by atoms with E-state index < -0.39 is 0 Å². The third kappa shape index (κ3) is 6.79. The molecule has 0 unspecified atom stereocenters. The molecule has 0 saturated carbocycles. The first kappa shape index (κ1) is 22.2. The molecule has 0 saturated heterocycles. The fraction of sp³-hybridized carbons (Fsp3) is 0.250. The lowest BCUT2D eigenvalue weighted by atomic mass is 10.1. The molecule has 8 heteroatoms. The molecule has 3 rings (SSSR count). The standard InChI is InChI=1S/C20H23ClN6.HI/c1-2-23-20(25-12-18-8-3-4-9-19(18)21)24-11-16-6-5-7-17(10-16)13-27-15-22-14-26-27;/h3-10,14-15H,2,11-13H2,1H3,(H2,23,24,25);1H. The first-order chi connectivity index (χ1) is 13.2. The van der Waals surface area contributed by atoms with Crippen molar-refractivity contribution in [3.63, 3.8) is 0 Å². The number of nitrogens with one attached hydrogen (secondary N) is 2. The summed E-state index contributed by atoms with van der Waals surface area (Å²) in [6.07, 6.45) is 3.26. The van der Waals surface area contributed by atoms with Crippen molar-refractivity contribution in [3.8, 4) is 0 Å². The summed E-state index contributed by atoms with van der Waals surface area (Å²) in [5, 5.41) is 11.5. The topological polar surface area (TPSA) is 67.1 Å². The molecule has 1 aromatic heterocycles. The van der Waals surface area contributed by atoms with Gasteiger partial charge in [-0.3, -0.25) is 0 Å². The van der Waals surface area contributed by atoms with E-state index in [1.54, 1.807) is 17.3 Å². The smallest absolute Gasteiger partial charge is 0.191 e. The third-order valence-corrected chi connectivity index (χ3v) is 4.34. The molecule has 3 aromatic rings. The molecule has 0 fully saturated rings. The number of hydrogen-bond donors (Lipinski definition) is 2. The van der Waals surface area contributed by atoms with Gasteiger partial charge in [-0.2, -0.15) is 5.10 Å². The minimum Gasteiger partial charge on any atom is -0.357 e. The Morgan fingerprint density at radius 2 is 1.93 bits per heavy atom. The first-order valence-electron chi connectivity index (χ1n) is 8.90. The zero-order valence-electron chi connectivity index (χ0n) is 15.7. The van der Waals surface area contributed by atoms with Crippen molar-refractivity contribution in [2.24, 2.45) is 4.99 Å². The van der Waals surface area contributed by atoms with E-state index in [1.807, 2.05) is 37.3 Å². The Morgan fingerprint density at radius 1 is 1.11 bits per heavy atom. The minimum atomic E-state index is 0. The number of aliphatic imine (C=N–C) groups is 1. The van der Waals surface area contributed by atoms with Crippen LogP contribution in [0, 0.1) is 0 Å². The number of benzene rings is 2. The van der Waals surface area contributed by atoms with Gasteiger partial charge in [-0.15, -0.1) is 24.0 Å². The number of rotatable bonds is 7. The highest BCUT2D eigenvalue weighted by Crippen LogP contribution is 2.14. The van der Waals surface area contributed by atoms with Gasteiger partial charge in [0.2, 0.25) is 0 Å².